The van der Waals surface area contributed by atoms with Crippen molar-refractivity contribution >= 4 is 40.5 Å². The Kier molecular flexibility index (Phi) is 4.90. The number of benzene rings is 2. The Labute approximate surface area is 150 Å². The number of hydrogen-bond acceptors (Lipinski definition) is 6. The van der Waals surface area contributed by atoms with Crippen molar-refractivity contribution < 1.29 is 4.79 Å². The van der Waals surface area contributed by atoms with Crippen LogP contribution in [0.25, 0.3) is 0 Å². The number of hydrogen-bond donors (Lipinski definition) is 2. The van der Waals surface area contributed by atoms with Crippen molar-refractivity contribution in [1.29, 1.82) is 0 Å². The first-order chi connectivity index (χ1) is 12.0. The van der Waals surface area contributed by atoms with Gasteiger partial charge in [-0.05, 0) is 61.9 Å². The van der Waals surface area contributed by atoms with E-state index in [-0.39, 0.29) is 5.78 Å². The third kappa shape index (κ3) is 4.30. The van der Waals surface area contributed by atoms with E-state index in [0.717, 1.165) is 16.9 Å². The number of anilines is 4. The lowest BCUT2D eigenvalue weighted by molar-refractivity contribution is 0.101. The molecule has 3 aromatic rings. The molecule has 2 aromatic carbocycles. The largest absolute Gasteiger partial charge is 0.339 e. The number of nitrogens with zero attached hydrogens (tertiary/aromatic N) is 3. The minimum atomic E-state index is 0.0222. The number of ketones is 1. The van der Waals surface area contributed by atoms with Crippen molar-refractivity contribution in [3.8, 4) is 0 Å². The predicted molar refractivity (Wildman–Crippen MR) is 99.0 cm³/mol. The second-order valence-corrected chi connectivity index (χ2v) is 5.94. The molecule has 2 N–H and O–H groups in total. The maximum absolute atomic E-state index is 11.3. The first-order valence-electron chi connectivity index (χ1n) is 7.62. The van der Waals surface area contributed by atoms with Gasteiger partial charge in [-0.1, -0.05) is 11.6 Å². The number of carbonyl (C=O) groups is 1. The van der Waals surface area contributed by atoms with Gasteiger partial charge in [0.1, 0.15) is 0 Å². The summed E-state index contributed by atoms with van der Waals surface area (Å²) in [6.07, 6.45) is 1.54. The second kappa shape index (κ2) is 7.27. The van der Waals surface area contributed by atoms with E-state index < -0.39 is 0 Å². The Hall–Kier alpha value is -2.99. The molecule has 6 nitrogen and oxygen atoms in total. The molecule has 0 atom stereocenters. The van der Waals surface area contributed by atoms with Crippen LogP contribution in [0.2, 0.25) is 5.02 Å². The van der Waals surface area contributed by atoms with Crippen LogP contribution in [0.4, 0.5) is 23.1 Å². The molecule has 126 valence electrons. The molecular formula is C18H16ClN5O. The van der Waals surface area contributed by atoms with E-state index in [0.29, 0.717) is 22.4 Å². The van der Waals surface area contributed by atoms with Gasteiger partial charge in [-0.15, -0.1) is 5.10 Å². The maximum atomic E-state index is 11.3. The van der Waals surface area contributed by atoms with E-state index in [1.807, 2.05) is 19.1 Å². The Morgan fingerprint density at radius 2 is 1.84 bits per heavy atom. The molecule has 0 aliphatic carbocycles. The molecule has 25 heavy (non-hydrogen) atoms. The van der Waals surface area contributed by atoms with E-state index in [1.54, 1.807) is 30.3 Å². The van der Waals surface area contributed by atoms with Gasteiger partial charge in [0, 0.05) is 22.0 Å². The van der Waals surface area contributed by atoms with Gasteiger partial charge in [0.15, 0.2) is 11.6 Å². The highest BCUT2D eigenvalue weighted by Crippen LogP contribution is 2.23. The summed E-state index contributed by atoms with van der Waals surface area (Å²) in [5.74, 6) is 0.935. The normalized spacial score (nSPS) is 10.4. The fraction of sp³-hybridized carbons (Fsp3) is 0.111. The van der Waals surface area contributed by atoms with E-state index in [4.69, 9.17) is 11.6 Å². The molecule has 3 rings (SSSR count). The Morgan fingerprint density at radius 1 is 1.08 bits per heavy atom. The Morgan fingerprint density at radius 3 is 2.52 bits per heavy atom. The third-order valence-corrected chi connectivity index (χ3v) is 3.79. The third-order valence-electron chi connectivity index (χ3n) is 3.56. The van der Waals surface area contributed by atoms with Crippen molar-refractivity contribution in [2.24, 2.45) is 0 Å². The molecule has 0 saturated carbocycles. The highest BCUT2D eigenvalue weighted by molar-refractivity contribution is 6.30. The summed E-state index contributed by atoms with van der Waals surface area (Å²) in [6.45, 7) is 3.49. The number of aromatic nitrogens is 3. The Balaban J connectivity index is 1.76. The first-order valence-corrected chi connectivity index (χ1v) is 8.00. The zero-order valence-electron chi connectivity index (χ0n) is 13.7. The lowest BCUT2D eigenvalue weighted by Gasteiger charge is -2.10. The van der Waals surface area contributed by atoms with Crippen LogP contribution >= 0.6 is 11.6 Å². The van der Waals surface area contributed by atoms with Crippen LogP contribution < -0.4 is 10.6 Å². The zero-order valence-corrected chi connectivity index (χ0v) is 14.5. The summed E-state index contributed by atoms with van der Waals surface area (Å²) in [7, 11) is 0. The fourth-order valence-corrected chi connectivity index (χ4v) is 2.47. The minimum Gasteiger partial charge on any atom is -0.339 e. The molecule has 0 bridgehead atoms. The van der Waals surface area contributed by atoms with Gasteiger partial charge in [0.2, 0.25) is 5.95 Å². The number of halogens is 1. The summed E-state index contributed by atoms with van der Waals surface area (Å²) in [4.78, 5) is 15.7. The summed E-state index contributed by atoms with van der Waals surface area (Å²) in [5, 5.41) is 14.9. The lowest BCUT2D eigenvalue weighted by Crippen LogP contribution is -2.03. The zero-order chi connectivity index (χ0) is 17.8. The average molecular weight is 354 g/mol. The number of aryl methyl sites for hydroxylation is 1. The van der Waals surface area contributed by atoms with Crippen LogP contribution in [0.15, 0.2) is 48.7 Å². The number of Topliss-reactive ketones (excluding diaryl/α,β-unsaturated/α-hetero) is 1. The smallest absolute Gasteiger partial charge is 0.249 e. The van der Waals surface area contributed by atoms with E-state index in [2.05, 4.69) is 25.8 Å². The van der Waals surface area contributed by atoms with Crippen molar-refractivity contribution in [1.82, 2.24) is 15.2 Å². The topological polar surface area (TPSA) is 79.8 Å². The van der Waals surface area contributed by atoms with Gasteiger partial charge >= 0.3 is 0 Å². The quantitative estimate of drug-likeness (QED) is 0.656. The Bertz CT molecular complexity index is 912. The standard InChI is InChI=1S/C18H16ClN5O/c1-11-9-14(19)5-8-16(11)22-17-10-20-24-18(23-17)21-15-6-3-13(4-7-15)12(2)25/h3-10H,1-2H3,(H2,21,22,23,24). The summed E-state index contributed by atoms with van der Waals surface area (Å²) in [5.41, 5.74) is 3.31. The molecule has 0 radical (unpaired) electrons. The molecule has 1 heterocycles. The fourth-order valence-electron chi connectivity index (χ4n) is 2.24. The number of nitrogens with one attached hydrogen (secondary N) is 2. The SMILES string of the molecule is CC(=O)c1ccc(Nc2nncc(Nc3ccc(Cl)cc3C)n2)cc1. The second-order valence-electron chi connectivity index (χ2n) is 5.51. The van der Waals surface area contributed by atoms with Crippen LogP contribution in [0.3, 0.4) is 0 Å². The maximum Gasteiger partial charge on any atom is 0.249 e. The van der Waals surface area contributed by atoms with E-state index in [1.165, 1.54) is 13.1 Å². The molecule has 0 saturated heterocycles. The van der Waals surface area contributed by atoms with Gasteiger partial charge < -0.3 is 10.6 Å². The monoisotopic (exact) mass is 353 g/mol. The van der Waals surface area contributed by atoms with Gasteiger partial charge in [-0.25, -0.2) is 0 Å². The summed E-state index contributed by atoms with van der Waals surface area (Å²) < 4.78 is 0. The molecule has 0 aliphatic rings. The van der Waals surface area contributed by atoms with Crippen LogP contribution in [0.1, 0.15) is 22.8 Å². The average Bonchev–Trinajstić information content (AvgIpc) is 2.58. The van der Waals surface area contributed by atoms with E-state index in [9.17, 15) is 4.79 Å². The van der Waals surface area contributed by atoms with Crippen molar-refractivity contribution in [2.75, 3.05) is 10.6 Å². The van der Waals surface area contributed by atoms with Crippen molar-refractivity contribution in [2.45, 2.75) is 13.8 Å². The number of carbonyl (C=O) groups excluding carboxylic acids is 1. The number of rotatable bonds is 5. The lowest BCUT2D eigenvalue weighted by atomic mass is 10.1. The highest BCUT2D eigenvalue weighted by atomic mass is 35.5. The van der Waals surface area contributed by atoms with Crippen LogP contribution in [0, 0.1) is 6.92 Å². The van der Waals surface area contributed by atoms with Crippen molar-refractivity contribution in [3.63, 3.8) is 0 Å². The minimum absolute atomic E-state index is 0.0222. The molecule has 0 unspecified atom stereocenters. The van der Waals surface area contributed by atoms with Crippen LogP contribution in [-0.2, 0) is 0 Å². The van der Waals surface area contributed by atoms with Gasteiger partial charge in [0.05, 0.1) is 6.20 Å². The molecule has 7 heteroatoms. The van der Waals surface area contributed by atoms with Gasteiger partial charge in [0.25, 0.3) is 0 Å². The van der Waals surface area contributed by atoms with Gasteiger partial charge in [-0.3, -0.25) is 4.79 Å². The molecule has 0 aliphatic heterocycles. The highest BCUT2D eigenvalue weighted by Gasteiger charge is 2.05. The van der Waals surface area contributed by atoms with E-state index >= 15 is 0 Å². The molecule has 0 fully saturated rings. The van der Waals surface area contributed by atoms with Crippen LogP contribution in [-0.4, -0.2) is 21.0 Å². The summed E-state index contributed by atoms with van der Waals surface area (Å²) >= 11 is 5.97. The van der Waals surface area contributed by atoms with Gasteiger partial charge in [-0.2, -0.15) is 10.1 Å². The van der Waals surface area contributed by atoms with Crippen LogP contribution in [0.5, 0.6) is 0 Å². The molecule has 0 amide bonds. The predicted octanol–water partition coefficient (Wildman–Crippen LogP) is 4.52. The molecular weight excluding hydrogens is 338 g/mol. The molecule has 0 spiro atoms. The van der Waals surface area contributed by atoms with Crippen molar-refractivity contribution in [3.05, 3.63) is 64.8 Å². The summed E-state index contributed by atoms with van der Waals surface area (Å²) in [6, 6.07) is 12.6. The molecule has 1 aromatic heterocycles. The first kappa shape index (κ1) is 16.9.